The zero-order chi connectivity index (χ0) is 8.81. The molecule has 0 amide bonds. The maximum Gasteiger partial charge on any atom is 0.170 e. The molecule has 1 saturated heterocycles. The van der Waals surface area contributed by atoms with Gasteiger partial charge in [0.25, 0.3) is 0 Å². The van der Waals surface area contributed by atoms with Crippen molar-refractivity contribution in [3.05, 3.63) is 0 Å². The maximum atomic E-state index is 8.72. The number of aliphatic hydroxyl groups excluding tert-OH is 1. The molecule has 12 heavy (non-hydrogen) atoms. The number of nitrogens with zero attached hydrogens (tertiary/aromatic N) is 1. The largest absolute Gasteiger partial charge is 0.395 e. The monoisotopic (exact) mass is 175 g/mol. The summed E-state index contributed by atoms with van der Waals surface area (Å²) >= 11 is 0. The first kappa shape index (κ1) is 9.92. The lowest BCUT2D eigenvalue weighted by Crippen LogP contribution is -2.34. The van der Waals surface area contributed by atoms with E-state index < -0.39 is 0 Å². The molecular formula is C8H17NO3. The summed E-state index contributed by atoms with van der Waals surface area (Å²) in [4.78, 5) is 2.11. The van der Waals surface area contributed by atoms with Gasteiger partial charge >= 0.3 is 0 Å². The Morgan fingerprint density at radius 2 is 2.08 bits per heavy atom. The Kier molecular flexibility index (Phi) is 4.53. The van der Waals surface area contributed by atoms with Gasteiger partial charge in [0.05, 0.1) is 19.8 Å². The third-order valence-electron chi connectivity index (χ3n) is 1.96. The van der Waals surface area contributed by atoms with E-state index in [1.165, 1.54) is 0 Å². The lowest BCUT2D eigenvalue weighted by Gasteiger charge is -2.21. The van der Waals surface area contributed by atoms with E-state index >= 15 is 0 Å². The summed E-state index contributed by atoms with van der Waals surface area (Å²) in [6.07, 6.45) is -0.0866. The maximum absolute atomic E-state index is 8.72. The van der Waals surface area contributed by atoms with E-state index in [0.717, 1.165) is 13.1 Å². The molecule has 0 radical (unpaired) electrons. The van der Waals surface area contributed by atoms with Crippen molar-refractivity contribution in [1.82, 2.24) is 4.90 Å². The summed E-state index contributed by atoms with van der Waals surface area (Å²) in [7, 11) is 0. The molecule has 1 fully saturated rings. The fourth-order valence-electron chi connectivity index (χ4n) is 1.24. The van der Waals surface area contributed by atoms with Crippen LogP contribution in [0.1, 0.15) is 6.92 Å². The standard InChI is InChI=1S/C8H17NO3/c1-2-9(3-4-10)7-8-11-5-6-12-8/h8,10H,2-7H2,1H3. The average molecular weight is 175 g/mol. The van der Waals surface area contributed by atoms with E-state index in [-0.39, 0.29) is 12.9 Å². The molecule has 0 unspecified atom stereocenters. The molecule has 4 nitrogen and oxygen atoms in total. The molecule has 1 aliphatic rings. The van der Waals surface area contributed by atoms with Gasteiger partial charge in [0.1, 0.15) is 0 Å². The molecule has 0 aromatic heterocycles. The molecule has 1 rings (SSSR count). The van der Waals surface area contributed by atoms with Crippen molar-refractivity contribution in [1.29, 1.82) is 0 Å². The Morgan fingerprint density at radius 1 is 1.42 bits per heavy atom. The minimum Gasteiger partial charge on any atom is -0.395 e. The van der Waals surface area contributed by atoms with Gasteiger partial charge in [-0.15, -0.1) is 0 Å². The fourth-order valence-corrected chi connectivity index (χ4v) is 1.24. The van der Waals surface area contributed by atoms with Crippen LogP contribution >= 0.6 is 0 Å². The minimum atomic E-state index is -0.0866. The molecule has 0 aromatic carbocycles. The van der Waals surface area contributed by atoms with E-state index in [1.807, 2.05) is 0 Å². The highest BCUT2D eigenvalue weighted by Gasteiger charge is 2.18. The van der Waals surface area contributed by atoms with Crippen molar-refractivity contribution in [3.63, 3.8) is 0 Å². The van der Waals surface area contributed by atoms with Crippen LogP contribution in [0.2, 0.25) is 0 Å². The minimum absolute atomic E-state index is 0.0866. The first-order valence-electron chi connectivity index (χ1n) is 4.43. The summed E-state index contributed by atoms with van der Waals surface area (Å²) < 4.78 is 10.6. The highest BCUT2D eigenvalue weighted by atomic mass is 16.7. The van der Waals surface area contributed by atoms with E-state index in [2.05, 4.69) is 11.8 Å². The smallest absolute Gasteiger partial charge is 0.170 e. The second-order valence-electron chi connectivity index (χ2n) is 2.79. The molecule has 72 valence electrons. The third kappa shape index (κ3) is 3.06. The summed E-state index contributed by atoms with van der Waals surface area (Å²) in [5, 5.41) is 8.72. The quantitative estimate of drug-likeness (QED) is 0.621. The number of hydrogen-bond acceptors (Lipinski definition) is 4. The van der Waals surface area contributed by atoms with Crippen molar-refractivity contribution < 1.29 is 14.6 Å². The Labute approximate surface area is 73.1 Å². The van der Waals surface area contributed by atoms with Crippen molar-refractivity contribution in [2.45, 2.75) is 13.2 Å². The number of ether oxygens (including phenoxy) is 2. The highest BCUT2D eigenvalue weighted by molar-refractivity contribution is 4.60. The van der Waals surface area contributed by atoms with Gasteiger partial charge in [0, 0.05) is 13.1 Å². The number of likely N-dealkylation sites (N-methyl/N-ethyl adjacent to an activating group) is 1. The second-order valence-corrected chi connectivity index (χ2v) is 2.79. The third-order valence-corrected chi connectivity index (χ3v) is 1.96. The van der Waals surface area contributed by atoms with Gasteiger partial charge in [-0.1, -0.05) is 6.92 Å². The molecular weight excluding hydrogens is 158 g/mol. The van der Waals surface area contributed by atoms with Gasteiger partial charge in [0.2, 0.25) is 0 Å². The first-order chi connectivity index (χ1) is 5.86. The predicted molar refractivity (Wildman–Crippen MR) is 44.9 cm³/mol. The molecule has 0 bridgehead atoms. The summed E-state index contributed by atoms with van der Waals surface area (Å²) in [5.41, 5.74) is 0. The van der Waals surface area contributed by atoms with Crippen LogP contribution in [-0.4, -0.2) is 55.8 Å². The van der Waals surface area contributed by atoms with Crippen LogP contribution in [0.25, 0.3) is 0 Å². The van der Waals surface area contributed by atoms with Crippen LogP contribution in [0.4, 0.5) is 0 Å². The van der Waals surface area contributed by atoms with Crippen LogP contribution in [0.15, 0.2) is 0 Å². The van der Waals surface area contributed by atoms with E-state index in [4.69, 9.17) is 14.6 Å². The Morgan fingerprint density at radius 3 is 2.58 bits per heavy atom. The van der Waals surface area contributed by atoms with Crippen LogP contribution in [0, 0.1) is 0 Å². The van der Waals surface area contributed by atoms with Crippen LogP contribution < -0.4 is 0 Å². The molecule has 0 atom stereocenters. The van der Waals surface area contributed by atoms with Crippen molar-refractivity contribution in [2.24, 2.45) is 0 Å². The van der Waals surface area contributed by atoms with Crippen LogP contribution in [0.5, 0.6) is 0 Å². The van der Waals surface area contributed by atoms with Gasteiger partial charge in [-0.25, -0.2) is 0 Å². The number of aliphatic hydroxyl groups is 1. The molecule has 0 spiro atoms. The Hall–Kier alpha value is -0.160. The topological polar surface area (TPSA) is 41.9 Å². The van der Waals surface area contributed by atoms with Gasteiger partial charge < -0.3 is 14.6 Å². The van der Waals surface area contributed by atoms with Crippen LogP contribution in [-0.2, 0) is 9.47 Å². The number of hydrogen-bond donors (Lipinski definition) is 1. The number of rotatable bonds is 5. The molecule has 4 heteroatoms. The lowest BCUT2D eigenvalue weighted by molar-refractivity contribution is -0.0626. The molecule has 0 saturated carbocycles. The zero-order valence-electron chi connectivity index (χ0n) is 7.53. The lowest BCUT2D eigenvalue weighted by atomic mass is 10.4. The van der Waals surface area contributed by atoms with E-state index in [1.54, 1.807) is 0 Å². The van der Waals surface area contributed by atoms with Crippen LogP contribution in [0.3, 0.4) is 0 Å². The zero-order valence-corrected chi connectivity index (χ0v) is 7.53. The summed E-state index contributed by atoms with van der Waals surface area (Å²) in [6, 6.07) is 0. The highest BCUT2D eigenvalue weighted by Crippen LogP contribution is 2.05. The van der Waals surface area contributed by atoms with Crippen molar-refractivity contribution >= 4 is 0 Å². The molecule has 1 N–H and O–H groups in total. The normalized spacial score (nSPS) is 19.2. The molecule has 1 aliphatic heterocycles. The fraction of sp³-hybridized carbons (Fsp3) is 1.00. The SMILES string of the molecule is CCN(CCO)CC1OCCO1. The van der Waals surface area contributed by atoms with Gasteiger partial charge in [0.15, 0.2) is 6.29 Å². The summed E-state index contributed by atoms with van der Waals surface area (Å²) in [5.74, 6) is 0. The van der Waals surface area contributed by atoms with Gasteiger partial charge in [-0.2, -0.15) is 0 Å². The van der Waals surface area contributed by atoms with E-state index in [9.17, 15) is 0 Å². The summed E-state index contributed by atoms with van der Waals surface area (Å²) in [6.45, 7) is 6.02. The Balaban J connectivity index is 2.16. The van der Waals surface area contributed by atoms with Crippen molar-refractivity contribution in [3.8, 4) is 0 Å². The average Bonchev–Trinajstić information content (AvgIpc) is 2.56. The van der Waals surface area contributed by atoms with E-state index in [0.29, 0.717) is 19.8 Å². The van der Waals surface area contributed by atoms with Gasteiger partial charge in [-0.3, -0.25) is 4.90 Å². The molecule has 1 heterocycles. The first-order valence-corrected chi connectivity index (χ1v) is 4.43. The second kappa shape index (κ2) is 5.48. The van der Waals surface area contributed by atoms with Crippen molar-refractivity contribution in [2.75, 3.05) is 39.5 Å². The predicted octanol–water partition coefficient (Wildman–Crippen LogP) is -0.327. The molecule has 0 aromatic rings. The Bertz CT molecular complexity index is 115. The molecule has 0 aliphatic carbocycles. The van der Waals surface area contributed by atoms with Gasteiger partial charge in [-0.05, 0) is 6.54 Å².